The molecule has 0 aromatic heterocycles. The Morgan fingerprint density at radius 1 is 1.45 bits per heavy atom. The van der Waals surface area contributed by atoms with Gasteiger partial charge in [0, 0.05) is 7.05 Å². The van der Waals surface area contributed by atoms with Crippen molar-refractivity contribution in [3.63, 3.8) is 0 Å². The normalized spacial score (nSPS) is 28.2. The maximum absolute atomic E-state index is 2.28. The third-order valence-electron chi connectivity index (χ3n) is 2.52. The zero-order valence-corrected chi connectivity index (χ0v) is 7.04. The molecule has 0 aromatic carbocycles. The Morgan fingerprint density at radius 3 is 3.00 bits per heavy atom. The number of nitrogens with zero attached hydrogens (tertiary/aromatic N) is 1. The van der Waals surface area contributed by atoms with Gasteiger partial charge in [0.2, 0.25) is 0 Å². The summed E-state index contributed by atoms with van der Waals surface area (Å²) in [7, 11) is 2.14. The summed E-state index contributed by atoms with van der Waals surface area (Å²) in [6.07, 6.45) is 10.0. The number of hydrogen-bond donors (Lipinski definition) is 0. The van der Waals surface area contributed by atoms with Gasteiger partial charge in [0.25, 0.3) is 0 Å². The number of hydrogen-bond acceptors (Lipinski definition) is 1. The van der Waals surface area contributed by atoms with Gasteiger partial charge in [-0.15, -0.1) is 0 Å². The predicted molar refractivity (Wildman–Crippen MR) is 47.1 cm³/mol. The van der Waals surface area contributed by atoms with Crippen LogP contribution in [-0.4, -0.2) is 18.0 Å². The summed E-state index contributed by atoms with van der Waals surface area (Å²) in [4.78, 5) is 2.28. The van der Waals surface area contributed by atoms with Gasteiger partial charge in [-0.25, -0.2) is 0 Å². The van der Waals surface area contributed by atoms with Crippen LogP contribution in [-0.2, 0) is 0 Å². The first-order valence-electron chi connectivity index (χ1n) is 4.06. The van der Waals surface area contributed by atoms with Gasteiger partial charge in [-0.1, -0.05) is 12.2 Å². The van der Waals surface area contributed by atoms with Gasteiger partial charge in [0.1, 0.15) is 0 Å². The first-order valence-corrected chi connectivity index (χ1v) is 4.06. The lowest BCUT2D eigenvalue weighted by Crippen LogP contribution is -2.24. The Balaban J connectivity index is 2.39. The quantitative estimate of drug-likeness (QED) is 0.507. The van der Waals surface area contributed by atoms with Crippen LogP contribution in [0, 0.1) is 0 Å². The van der Waals surface area contributed by atoms with Crippen molar-refractivity contribution in [2.45, 2.75) is 19.4 Å². The van der Waals surface area contributed by atoms with Gasteiger partial charge in [-0.2, -0.15) is 0 Å². The van der Waals surface area contributed by atoms with E-state index >= 15 is 0 Å². The molecule has 1 heterocycles. The molecule has 1 aliphatic heterocycles. The number of allylic oxidation sites excluding steroid dienone is 2. The van der Waals surface area contributed by atoms with Gasteiger partial charge < -0.3 is 4.90 Å². The van der Waals surface area contributed by atoms with Crippen LogP contribution in [0.5, 0.6) is 0 Å². The smallest absolute Gasteiger partial charge is 0.0571 e. The van der Waals surface area contributed by atoms with Crippen molar-refractivity contribution in [1.29, 1.82) is 0 Å². The molecule has 0 saturated heterocycles. The fraction of sp³-hybridized carbons (Fsp3) is 0.400. The monoisotopic (exact) mass is 147 g/mol. The highest BCUT2D eigenvalue weighted by Crippen LogP contribution is 2.28. The van der Waals surface area contributed by atoms with Gasteiger partial charge in [0.15, 0.2) is 0 Å². The maximum atomic E-state index is 2.28. The second-order valence-electron chi connectivity index (χ2n) is 3.27. The van der Waals surface area contributed by atoms with E-state index in [0.717, 1.165) is 6.42 Å². The minimum absolute atomic E-state index is 0.625. The van der Waals surface area contributed by atoms with E-state index in [1.807, 2.05) is 0 Å². The Hall–Kier alpha value is -0.980. The van der Waals surface area contributed by atoms with E-state index in [1.165, 1.54) is 11.1 Å². The van der Waals surface area contributed by atoms with Crippen molar-refractivity contribution < 1.29 is 0 Å². The standard InChI is InChI=1S/C10H13N/c1-8-4-3-5-10-9(8)6-7-11(10)2/h3-4,6-7,10H,5H2,1-2H3. The van der Waals surface area contributed by atoms with E-state index in [9.17, 15) is 0 Å². The SMILES string of the molecule is CC1=C2C=CN(C)C2CC=C1. The van der Waals surface area contributed by atoms with E-state index < -0.39 is 0 Å². The molecular formula is C10H13N. The van der Waals surface area contributed by atoms with Crippen LogP contribution in [0.1, 0.15) is 13.3 Å². The first-order chi connectivity index (χ1) is 5.29. The van der Waals surface area contributed by atoms with Crippen LogP contribution in [0.3, 0.4) is 0 Å². The molecule has 58 valence electrons. The minimum Gasteiger partial charge on any atom is -0.373 e. The van der Waals surface area contributed by atoms with Gasteiger partial charge >= 0.3 is 0 Å². The molecule has 1 aliphatic carbocycles. The fourth-order valence-corrected chi connectivity index (χ4v) is 1.79. The van der Waals surface area contributed by atoms with E-state index in [-0.39, 0.29) is 0 Å². The lowest BCUT2D eigenvalue weighted by molar-refractivity contribution is 0.393. The lowest BCUT2D eigenvalue weighted by atomic mass is 9.95. The van der Waals surface area contributed by atoms with Crippen LogP contribution >= 0.6 is 0 Å². The molecule has 0 spiro atoms. The Labute approximate surface area is 67.7 Å². The molecule has 1 nitrogen and oxygen atoms in total. The molecule has 0 aromatic rings. The van der Waals surface area contributed by atoms with Gasteiger partial charge in [-0.3, -0.25) is 0 Å². The highest BCUT2D eigenvalue weighted by molar-refractivity contribution is 5.42. The zero-order chi connectivity index (χ0) is 7.84. The average Bonchev–Trinajstić information content (AvgIpc) is 2.35. The number of fused-ring (bicyclic) bond motifs is 1. The summed E-state index contributed by atoms with van der Waals surface area (Å²) in [6, 6.07) is 0.625. The molecule has 0 N–H and O–H groups in total. The Morgan fingerprint density at radius 2 is 2.27 bits per heavy atom. The molecule has 1 atom stereocenters. The molecule has 11 heavy (non-hydrogen) atoms. The number of rotatable bonds is 0. The van der Waals surface area contributed by atoms with Crippen molar-refractivity contribution in [2.24, 2.45) is 0 Å². The molecule has 2 aliphatic rings. The maximum Gasteiger partial charge on any atom is 0.0571 e. The predicted octanol–water partition coefficient (Wildman–Crippen LogP) is 2.09. The van der Waals surface area contributed by atoms with E-state index in [0.29, 0.717) is 6.04 Å². The summed E-state index contributed by atoms with van der Waals surface area (Å²) in [5.74, 6) is 0. The molecule has 2 rings (SSSR count). The molecule has 1 unspecified atom stereocenters. The third kappa shape index (κ3) is 0.917. The Bertz CT molecular complexity index is 258. The van der Waals surface area contributed by atoms with Crippen LogP contribution in [0.15, 0.2) is 35.6 Å². The van der Waals surface area contributed by atoms with Crippen molar-refractivity contribution >= 4 is 0 Å². The molecule has 1 heteroatoms. The van der Waals surface area contributed by atoms with Crippen LogP contribution in [0.25, 0.3) is 0 Å². The largest absolute Gasteiger partial charge is 0.373 e. The second kappa shape index (κ2) is 2.26. The minimum atomic E-state index is 0.625. The van der Waals surface area contributed by atoms with Gasteiger partial charge in [0.05, 0.1) is 6.04 Å². The zero-order valence-electron chi connectivity index (χ0n) is 7.04. The number of likely N-dealkylation sites (N-methyl/N-ethyl adjacent to an activating group) is 1. The van der Waals surface area contributed by atoms with Crippen molar-refractivity contribution in [1.82, 2.24) is 4.90 Å². The summed E-state index contributed by atoms with van der Waals surface area (Å²) in [6.45, 7) is 2.18. The van der Waals surface area contributed by atoms with Gasteiger partial charge in [-0.05, 0) is 36.8 Å². The fourth-order valence-electron chi connectivity index (χ4n) is 1.79. The topological polar surface area (TPSA) is 3.24 Å². The second-order valence-corrected chi connectivity index (χ2v) is 3.27. The van der Waals surface area contributed by atoms with Crippen molar-refractivity contribution in [2.75, 3.05) is 7.05 Å². The Kier molecular flexibility index (Phi) is 1.38. The van der Waals surface area contributed by atoms with Crippen LogP contribution < -0.4 is 0 Å². The molecular weight excluding hydrogens is 134 g/mol. The van der Waals surface area contributed by atoms with Crippen molar-refractivity contribution in [3.8, 4) is 0 Å². The molecule has 0 radical (unpaired) electrons. The molecule has 0 fully saturated rings. The summed E-state index contributed by atoms with van der Waals surface area (Å²) in [5, 5.41) is 0. The summed E-state index contributed by atoms with van der Waals surface area (Å²) >= 11 is 0. The summed E-state index contributed by atoms with van der Waals surface area (Å²) in [5.41, 5.74) is 2.91. The van der Waals surface area contributed by atoms with Crippen LogP contribution in [0.2, 0.25) is 0 Å². The van der Waals surface area contributed by atoms with E-state index in [4.69, 9.17) is 0 Å². The summed E-state index contributed by atoms with van der Waals surface area (Å²) < 4.78 is 0. The average molecular weight is 147 g/mol. The lowest BCUT2D eigenvalue weighted by Gasteiger charge is -2.24. The molecule has 0 bridgehead atoms. The van der Waals surface area contributed by atoms with E-state index in [1.54, 1.807) is 0 Å². The molecule has 0 amide bonds. The molecule has 0 saturated carbocycles. The first kappa shape index (κ1) is 6.71. The van der Waals surface area contributed by atoms with Crippen molar-refractivity contribution in [3.05, 3.63) is 35.6 Å². The highest BCUT2D eigenvalue weighted by atomic mass is 15.1. The highest BCUT2D eigenvalue weighted by Gasteiger charge is 2.22. The van der Waals surface area contributed by atoms with E-state index in [2.05, 4.69) is 43.3 Å². The third-order valence-corrected chi connectivity index (χ3v) is 2.52. The van der Waals surface area contributed by atoms with Crippen LogP contribution in [0.4, 0.5) is 0 Å².